The lowest BCUT2D eigenvalue weighted by Gasteiger charge is -2.45. The summed E-state index contributed by atoms with van der Waals surface area (Å²) in [6, 6.07) is 0.458. The second-order valence-electron chi connectivity index (χ2n) is 6.86. The second kappa shape index (κ2) is 5.03. The van der Waals surface area contributed by atoms with Gasteiger partial charge in [0.15, 0.2) is 0 Å². The van der Waals surface area contributed by atoms with Gasteiger partial charge in [-0.1, -0.05) is 27.7 Å². The van der Waals surface area contributed by atoms with Crippen LogP contribution < -0.4 is 5.32 Å². The molecule has 3 nitrogen and oxygen atoms in total. The Balaban J connectivity index is 2.48. The zero-order chi connectivity index (χ0) is 12.4. The minimum Gasteiger partial charge on any atom is -0.394 e. The van der Waals surface area contributed by atoms with Crippen LogP contribution in [0.15, 0.2) is 0 Å². The zero-order valence-corrected chi connectivity index (χ0v) is 11.1. The van der Waals surface area contributed by atoms with Gasteiger partial charge in [-0.05, 0) is 30.1 Å². The monoisotopic (exact) mass is 229 g/mol. The normalized spacial score (nSPS) is 26.6. The summed E-state index contributed by atoms with van der Waals surface area (Å²) in [5.74, 6) is 0. The molecule has 0 bridgehead atoms. The standard InChI is InChI=1S/C13H27NO2/c1-12(2)5-10(6-13(3,4)9-12)14-7-11(16)8-15/h10-11,14-16H,5-9H2,1-4H3/t11-/m0/s1. The molecule has 0 spiro atoms. The maximum Gasteiger partial charge on any atom is 0.0895 e. The molecule has 0 aliphatic heterocycles. The Morgan fingerprint density at radius 3 is 2.12 bits per heavy atom. The van der Waals surface area contributed by atoms with E-state index in [0.717, 1.165) is 12.8 Å². The van der Waals surface area contributed by atoms with E-state index in [2.05, 4.69) is 33.0 Å². The lowest BCUT2D eigenvalue weighted by molar-refractivity contribution is 0.0619. The predicted molar refractivity (Wildman–Crippen MR) is 66.3 cm³/mol. The minimum atomic E-state index is -0.631. The smallest absolute Gasteiger partial charge is 0.0895 e. The van der Waals surface area contributed by atoms with Gasteiger partial charge < -0.3 is 15.5 Å². The number of rotatable bonds is 4. The van der Waals surface area contributed by atoms with Gasteiger partial charge in [-0.15, -0.1) is 0 Å². The van der Waals surface area contributed by atoms with Crippen molar-refractivity contribution in [1.29, 1.82) is 0 Å². The molecule has 1 fully saturated rings. The molecule has 1 atom stereocenters. The summed E-state index contributed by atoms with van der Waals surface area (Å²) < 4.78 is 0. The van der Waals surface area contributed by atoms with Crippen LogP contribution in [0.3, 0.4) is 0 Å². The van der Waals surface area contributed by atoms with E-state index in [4.69, 9.17) is 5.11 Å². The van der Waals surface area contributed by atoms with Crippen molar-refractivity contribution >= 4 is 0 Å². The SMILES string of the molecule is CC1(C)CC(NC[C@H](O)CO)CC(C)(C)C1. The molecule has 1 rings (SSSR count). The Bertz CT molecular complexity index is 210. The molecule has 0 saturated heterocycles. The lowest BCUT2D eigenvalue weighted by Crippen LogP contribution is -2.46. The number of aliphatic hydroxyl groups is 2. The van der Waals surface area contributed by atoms with E-state index in [-0.39, 0.29) is 6.61 Å². The van der Waals surface area contributed by atoms with Crippen LogP contribution in [0.2, 0.25) is 0 Å². The molecule has 1 aliphatic carbocycles. The molecular weight excluding hydrogens is 202 g/mol. The van der Waals surface area contributed by atoms with Crippen molar-refractivity contribution in [3.05, 3.63) is 0 Å². The van der Waals surface area contributed by atoms with Crippen molar-refractivity contribution in [2.24, 2.45) is 10.8 Å². The molecule has 16 heavy (non-hydrogen) atoms. The maximum absolute atomic E-state index is 9.34. The third-order valence-corrected chi connectivity index (χ3v) is 3.41. The highest BCUT2D eigenvalue weighted by Gasteiger charge is 2.38. The lowest BCUT2D eigenvalue weighted by atomic mass is 9.63. The van der Waals surface area contributed by atoms with Crippen molar-refractivity contribution in [3.63, 3.8) is 0 Å². The van der Waals surface area contributed by atoms with Crippen LogP contribution in [0, 0.1) is 10.8 Å². The summed E-state index contributed by atoms with van der Waals surface area (Å²) in [5.41, 5.74) is 0.729. The van der Waals surface area contributed by atoms with Crippen LogP contribution in [0.25, 0.3) is 0 Å². The summed E-state index contributed by atoms with van der Waals surface area (Å²) in [7, 11) is 0. The van der Waals surface area contributed by atoms with Crippen molar-refractivity contribution in [2.75, 3.05) is 13.2 Å². The summed E-state index contributed by atoms with van der Waals surface area (Å²) in [6.45, 7) is 9.58. The van der Waals surface area contributed by atoms with Crippen molar-refractivity contribution in [2.45, 2.75) is 59.1 Å². The van der Waals surface area contributed by atoms with Gasteiger partial charge in [0.25, 0.3) is 0 Å². The zero-order valence-electron chi connectivity index (χ0n) is 11.1. The quantitative estimate of drug-likeness (QED) is 0.685. The fraction of sp³-hybridized carbons (Fsp3) is 1.00. The van der Waals surface area contributed by atoms with Crippen molar-refractivity contribution in [3.8, 4) is 0 Å². The highest BCUT2D eigenvalue weighted by Crippen LogP contribution is 2.45. The number of aliphatic hydroxyl groups excluding tert-OH is 2. The van der Waals surface area contributed by atoms with Gasteiger partial charge in [-0.25, -0.2) is 0 Å². The van der Waals surface area contributed by atoms with E-state index < -0.39 is 6.10 Å². The van der Waals surface area contributed by atoms with E-state index in [1.807, 2.05) is 0 Å². The van der Waals surface area contributed by atoms with E-state index in [1.165, 1.54) is 6.42 Å². The number of hydrogen-bond donors (Lipinski definition) is 3. The first-order valence-electron chi connectivity index (χ1n) is 6.26. The highest BCUT2D eigenvalue weighted by atomic mass is 16.3. The Morgan fingerprint density at radius 1 is 1.19 bits per heavy atom. The van der Waals surface area contributed by atoms with Crippen LogP contribution >= 0.6 is 0 Å². The largest absolute Gasteiger partial charge is 0.394 e. The molecule has 1 aliphatic rings. The van der Waals surface area contributed by atoms with E-state index in [0.29, 0.717) is 23.4 Å². The third-order valence-electron chi connectivity index (χ3n) is 3.41. The Hall–Kier alpha value is -0.120. The molecule has 0 aromatic rings. The second-order valence-corrected chi connectivity index (χ2v) is 6.86. The molecule has 0 amide bonds. The summed E-state index contributed by atoms with van der Waals surface area (Å²) >= 11 is 0. The topological polar surface area (TPSA) is 52.5 Å². The molecule has 0 radical (unpaired) electrons. The molecule has 96 valence electrons. The van der Waals surface area contributed by atoms with Crippen molar-refractivity contribution < 1.29 is 10.2 Å². The highest BCUT2D eigenvalue weighted by molar-refractivity contribution is 4.92. The summed E-state index contributed by atoms with van der Waals surface area (Å²) in [6.07, 6.45) is 2.91. The van der Waals surface area contributed by atoms with Gasteiger partial charge in [-0.2, -0.15) is 0 Å². The van der Waals surface area contributed by atoms with E-state index in [9.17, 15) is 5.11 Å². The molecule has 0 heterocycles. The molecule has 1 saturated carbocycles. The first-order valence-corrected chi connectivity index (χ1v) is 6.26. The first kappa shape index (κ1) is 13.9. The van der Waals surface area contributed by atoms with Gasteiger partial charge in [-0.3, -0.25) is 0 Å². The Labute approximate surface area is 99.3 Å². The molecule has 3 N–H and O–H groups in total. The maximum atomic E-state index is 9.34. The molecule has 0 aromatic carbocycles. The molecular formula is C13H27NO2. The van der Waals surface area contributed by atoms with Crippen LogP contribution in [0.4, 0.5) is 0 Å². The van der Waals surface area contributed by atoms with Gasteiger partial charge >= 0.3 is 0 Å². The first-order chi connectivity index (χ1) is 7.24. The third kappa shape index (κ3) is 4.40. The van der Waals surface area contributed by atoms with Crippen LogP contribution in [-0.4, -0.2) is 35.5 Å². The number of nitrogens with one attached hydrogen (secondary N) is 1. The average Bonchev–Trinajstić information content (AvgIpc) is 2.09. The Kier molecular flexibility index (Phi) is 4.38. The summed E-state index contributed by atoms with van der Waals surface area (Å²) in [4.78, 5) is 0. The van der Waals surface area contributed by atoms with Crippen LogP contribution in [-0.2, 0) is 0 Å². The average molecular weight is 229 g/mol. The Morgan fingerprint density at radius 2 is 1.69 bits per heavy atom. The van der Waals surface area contributed by atoms with Gasteiger partial charge in [0.1, 0.15) is 0 Å². The van der Waals surface area contributed by atoms with Crippen LogP contribution in [0.5, 0.6) is 0 Å². The predicted octanol–water partition coefficient (Wildman–Crippen LogP) is 1.53. The van der Waals surface area contributed by atoms with Gasteiger partial charge in [0.05, 0.1) is 12.7 Å². The van der Waals surface area contributed by atoms with Crippen molar-refractivity contribution in [1.82, 2.24) is 5.32 Å². The minimum absolute atomic E-state index is 0.160. The van der Waals surface area contributed by atoms with E-state index >= 15 is 0 Å². The molecule has 0 unspecified atom stereocenters. The van der Waals surface area contributed by atoms with Gasteiger partial charge in [0, 0.05) is 12.6 Å². The molecule has 3 heteroatoms. The fourth-order valence-corrected chi connectivity index (χ4v) is 3.36. The number of hydrogen-bond acceptors (Lipinski definition) is 3. The van der Waals surface area contributed by atoms with Crippen LogP contribution in [0.1, 0.15) is 47.0 Å². The van der Waals surface area contributed by atoms with E-state index in [1.54, 1.807) is 0 Å². The fourth-order valence-electron chi connectivity index (χ4n) is 3.36. The van der Waals surface area contributed by atoms with Gasteiger partial charge in [0.2, 0.25) is 0 Å². The summed E-state index contributed by atoms with van der Waals surface area (Å²) in [5, 5.41) is 21.5. The molecule has 0 aromatic heterocycles.